The van der Waals surface area contributed by atoms with E-state index in [9.17, 15) is 8.42 Å². The van der Waals surface area contributed by atoms with E-state index in [4.69, 9.17) is 5.26 Å². The van der Waals surface area contributed by atoms with Crippen LogP contribution in [0.2, 0.25) is 0 Å². The van der Waals surface area contributed by atoms with E-state index in [1.54, 1.807) is 19.1 Å². The van der Waals surface area contributed by atoms with E-state index < -0.39 is 10.0 Å². The van der Waals surface area contributed by atoms with Crippen LogP contribution in [-0.2, 0) is 10.0 Å². The minimum atomic E-state index is -3.48. The maximum atomic E-state index is 12.5. The Balaban J connectivity index is 0.00000180. The highest BCUT2D eigenvalue weighted by molar-refractivity contribution is 7.89. The van der Waals surface area contributed by atoms with Crippen molar-refractivity contribution in [2.45, 2.75) is 11.8 Å². The topological polar surface area (TPSA) is 73.2 Å². The molecule has 0 bridgehead atoms. The van der Waals surface area contributed by atoms with Gasteiger partial charge in [-0.05, 0) is 24.6 Å². The number of piperazine rings is 1. The van der Waals surface area contributed by atoms with Crippen LogP contribution >= 0.6 is 12.4 Å². The number of halogens is 1. The first-order chi connectivity index (χ1) is 8.55. The van der Waals surface area contributed by atoms with E-state index in [0.717, 1.165) is 0 Å². The summed E-state index contributed by atoms with van der Waals surface area (Å²) in [5, 5.41) is 12.0. The third-order valence-electron chi connectivity index (χ3n) is 3.01. The van der Waals surface area contributed by atoms with Gasteiger partial charge in [0.2, 0.25) is 10.0 Å². The molecule has 0 amide bonds. The van der Waals surface area contributed by atoms with Gasteiger partial charge >= 0.3 is 0 Å². The molecule has 5 nitrogen and oxygen atoms in total. The second kappa shape index (κ2) is 6.35. The maximum Gasteiger partial charge on any atom is 0.243 e. The van der Waals surface area contributed by atoms with Crippen LogP contribution in [0, 0.1) is 18.3 Å². The summed E-state index contributed by atoms with van der Waals surface area (Å²) < 4.78 is 26.4. The number of aryl methyl sites for hydroxylation is 1. The van der Waals surface area contributed by atoms with Crippen molar-refractivity contribution in [3.63, 3.8) is 0 Å². The highest BCUT2D eigenvalue weighted by Crippen LogP contribution is 2.21. The summed E-state index contributed by atoms with van der Waals surface area (Å²) in [6, 6.07) is 6.73. The first-order valence-electron chi connectivity index (χ1n) is 5.77. The minimum Gasteiger partial charge on any atom is -0.314 e. The lowest BCUT2D eigenvalue weighted by Crippen LogP contribution is -2.46. The SMILES string of the molecule is Cc1ccc(C#N)cc1S(=O)(=O)N1CCNCC1.Cl. The fourth-order valence-corrected chi connectivity index (χ4v) is 3.66. The Kier molecular flexibility index (Phi) is 5.32. The van der Waals surface area contributed by atoms with Gasteiger partial charge in [0, 0.05) is 26.2 Å². The van der Waals surface area contributed by atoms with Gasteiger partial charge in [-0.25, -0.2) is 8.42 Å². The van der Waals surface area contributed by atoms with E-state index in [0.29, 0.717) is 37.3 Å². The summed E-state index contributed by atoms with van der Waals surface area (Å²) in [6.45, 7) is 4.01. The Morgan fingerprint density at radius 1 is 1.32 bits per heavy atom. The van der Waals surface area contributed by atoms with Crippen molar-refractivity contribution in [3.8, 4) is 6.07 Å². The minimum absolute atomic E-state index is 0. The molecule has 1 N–H and O–H groups in total. The van der Waals surface area contributed by atoms with E-state index in [-0.39, 0.29) is 17.3 Å². The number of hydrogen-bond donors (Lipinski definition) is 1. The molecule has 0 radical (unpaired) electrons. The van der Waals surface area contributed by atoms with Crippen molar-refractivity contribution < 1.29 is 8.42 Å². The van der Waals surface area contributed by atoms with Gasteiger partial charge in [-0.15, -0.1) is 12.4 Å². The zero-order valence-corrected chi connectivity index (χ0v) is 12.2. The predicted octanol–water partition coefficient (Wildman–Crippen LogP) is 0.882. The Morgan fingerprint density at radius 2 is 1.95 bits per heavy atom. The first-order valence-corrected chi connectivity index (χ1v) is 7.21. The van der Waals surface area contributed by atoms with Crippen molar-refractivity contribution >= 4 is 22.4 Å². The first kappa shape index (κ1) is 15.9. The monoisotopic (exact) mass is 301 g/mol. The number of sulfonamides is 1. The van der Waals surface area contributed by atoms with Crippen LogP contribution in [0.1, 0.15) is 11.1 Å². The predicted molar refractivity (Wildman–Crippen MR) is 74.8 cm³/mol. The summed E-state index contributed by atoms with van der Waals surface area (Å²) in [4.78, 5) is 0.239. The van der Waals surface area contributed by atoms with Gasteiger partial charge in [-0.3, -0.25) is 0 Å². The second-order valence-electron chi connectivity index (χ2n) is 4.25. The van der Waals surface area contributed by atoms with Crippen LogP contribution in [0.3, 0.4) is 0 Å². The highest BCUT2D eigenvalue weighted by Gasteiger charge is 2.27. The Morgan fingerprint density at radius 3 is 2.53 bits per heavy atom. The normalized spacial score (nSPS) is 16.4. The molecular weight excluding hydrogens is 286 g/mol. The standard InChI is InChI=1S/C12H15N3O2S.ClH/c1-10-2-3-11(9-13)8-12(10)18(16,17)15-6-4-14-5-7-15;/h2-3,8,14H,4-7H2,1H3;1H. The molecule has 1 aromatic carbocycles. The third kappa shape index (κ3) is 3.25. The number of nitriles is 1. The van der Waals surface area contributed by atoms with Crippen LogP contribution in [0.5, 0.6) is 0 Å². The molecule has 1 aromatic rings. The average molecular weight is 302 g/mol. The summed E-state index contributed by atoms with van der Waals surface area (Å²) in [7, 11) is -3.48. The molecule has 1 heterocycles. The summed E-state index contributed by atoms with van der Waals surface area (Å²) in [6.07, 6.45) is 0. The van der Waals surface area contributed by atoms with Crippen LogP contribution in [0.25, 0.3) is 0 Å². The fourth-order valence-electron chi connectivity index (χ4n) is 1.97. The molecule has 2 rings (SSSR count). The zero-order valence-electron chi connectivity index (χ0n) is 10.6. The molecule has 0 aromatic heterocycles. The number of nitrogens with zero attached hydrogens (tertiary/aromatic N) is 2. The fraction of sp³-hybridized carbons (Fsp3) is 0.417. The number of hydrogen-bond acceptors (Lipinski definition) is 4. The van der Waals surface area contributed by atoms with Gasteiger partial charge < -0.3 is 5.32 Å². The van der Waals surface area contributed by atoms with Crippen molar-refractivity contribution in [2.24, 2.45) is 0 Å². The molecule has 19 heavy (non-hydrogen) atoms. The molecule has 1 saturated heterocycles. The molecule has 0 unspecified atom stereocenters. The van der Waals surface area contributed by atoms with Gasteiger partial charge in [0.1, 0.15) is 0 Å². The van der Waals surface area contributed by atoms with Gasteiger partial charge in [0.05, 0.1) is 16.5 Å². The molecule has 0 spiro atoms. The largest absolute Gasteiger partial charge is 0.314 e. The molecule has 1 aliphatic rings. The smallest absolute Gasteiger partial charge is 0.243 e. The molecular formula is C12H16ClN3O2S. The number of rotatable bonds is 2. The van der Waals surface area contributed by atoms with Crippen LogP contribution in [-0.4, -0.2) is 38.9 Å². The maximum absolute atomic E-state index is 12.5. The summed E-state index contributed by atoms with van der Waals surface area (Å²) in [5.74, 6) is 0. The van der Waals surface area contributed by atoms with Gasteiger partial charge in [0.15, 0.2) is 0 Å². The lowest BCUT2D eigenvalue weighted by atomic mass is 10.2. The quantitative estimate of drug-likeness (QED) is 0.880. The summed E-state index contributed by atoms with van der Waals surface area (Å²) in [5.41, 5.74) is 1.04. The van der Waals surface area contributed by atoms with Crippen molar-refractivity contribution in [2.75, 3.05) is 26.2 Å². The molecule has 0 aliphatic carbocycles. The Hall–Kier alpha value is -1.13. The molecule has 1 fully saturated rings. The van der Waals surface area contributed by atoms with E-state index in [2.05, 4.69) is 5.32 Å². The van der Waals surface area contributed by atoms with Gasteiger partial charge in [-0.2, -0.15) is 9.57 Å². The van der Waals surface area contributed by atoms with E-state index in [1.807, 2.05) is 6.07 Å². The molecule has 0 atom stereocenters. The highest BCUT2D eigenvalue weighted by atomic mass is 35.5. The molecule has 1 aliphatic heterocycles. The van der Waals surface area contributed by atoms with Crippen molar-refractivity contribution in [1.82, 2.24) is 9.62 Å². The zero-order chi connectivity index (χ0) is 13.2. The van der Waals surface area contributed by atoms with Crippen molar-refractivity contribution in [3.05, 3.63) is 29.3 Å². The van der Waals surface area contributed by atoms with Gasteiger partial charge in [0.25, 0.3) is 0 Å². The Labute approximate surface area is 119 Å². The average Bonchev–Trinajstić information content (AvgIpc) is 2.40. The van der Waals surface area contributed by atoms with Gasteiger partial charge in [-0.1, -0.05) is 6.07 Å². The van der Waals surface area contributed by atoms with E-state index >= 15 is 0 Å². The number of nitrogens with one attached hydrogen (secondary N) is 1. The molecule has 104 valence electrons. The lowest BCUT2D eigenvalue weighted by Gasteiger charge is -2.27. The van der Waals surface area contributed by atoms with Crippen LogP contribution < -0.4 is 5.32 Å². The third-order valence-corrected chi connectivity index (χ3v) is 5.05. The molecule has 0 saturated carbocycles. The lowest BCUT2D eigenvalue weighted by molar-refractivity contribution is 0.360. The summed E-state index contributed by atoms with van der Waals surface area (Å²) >= 11 is 0. The Bertz CT molecular complexity index is 589. The van der Waals surface area contributed by atoms with Crippen molar-refractivity contribution in [1.29, 1.82) is 5.26 Å². The van der Waals surface area contributed by atoms with E-state index in [1.165, 1.54) is 10.4 Å². The number of benzene rings is 1. The van der Waals surface area contributed by atoms with Crippen LogP contribution in [0.4, 0.5) is 0 Å². The molecule has 7 heteroatoms. The van der Waals surface area contributed by atoms with Crippen LogP contribution in [0.15, 0.2) is 23.1 Å². The second-order valence-corrected chi connectivity index (χ2v) is 6.15.